The van der Waals surface area contributed by atoms with E-state index in [1.165, 1.54) is 0 Å². The third-order valence-electron chi connectivity index (χ3n) is 2.94. The predicted molar refractivity (Wildman–Crippen MR) is 96.3 cm³/mol. The van der Waals surface area contributed by atoms with Crippen LogP contribution in [0.4, 0.5) is 0 Å². The van der Waals surface area contributed by atoms with Gasteiger partial charge in [-0.25, -0.2) is 0 Å². The maximum absolute atomic E-state index is 6.15. The number of nitrogens with zero attached hydrogens (tertiary/aromatic N) is 1. The van der Waals surface area contributed by atoms with Crippen molar-refractivity contribution in [2.75, 3.05) is 7.11 Å². The first-order chi connectivity index (χ1) is 11.1. The van der Waals surface area contributed by atoms with E-state index in [1.54, 1.807) is 19.4 Å². The monoisotopic (exact) mass is 349 g/mol. The minimum Gasteiger partial charge on any atom is -0.493 e. The van der Waals surface area contributed by atoms with Crippen LogP contribution >= 0.6 is 23.8 Å². The minimum atomic E-state index is 0.0858. The Morgan fingerprint density at radius 3 is 2.78 bits per heavy atom. The molecule has 2 aromatic carbocycles. The topological polar surface area (TPSA) is 68.9 Å². The van der Waals surface area contributed by atoms with Crippen LogP contribution in [-0.2, 0) is 6.61 Å². The maximum atomic E-state index is 6.15. The van der Waals surface area contributed by atoms with Crippen molar-refractivity contribution >= 4 is 35.1 Å². The minimum absolute atomic E-state index is 0.0858. The second-order valence-corrected chi connectivity index (χ2v) is 5.34. The molecule has 23 heavy (non-hydrogen) atoms. The number of halogens is 1. The molecular formula is C16H16ClN3O2S. The summed E-state index contributed by atoms with van der Waals surface area (Å²) in [5.41, 5.74) is 9.44. The quantitative estimate of drug-likeness (QED) is 0.476. The Kier molecular flexibility index (Phi) is 6.19. The molecule has 0 aliphatic rings. The molecule has 0 fully saturated rings. The summed E-state index contributed by atoms with van der Waals surface area (Å²) in [7, 11) is 1.58. The Hall–Kier alpha value is -2.31. The van der Waals surface area contributed by atoms with Crippen molar-refractivity contribution in [2.45, 2.75) is 6.61 Å². The van der Waals surface area contributed by atoms with Gasteiger partial charge in [0, 0.05) is 16.1 Å². The third-order valence-corrected chi connectivity index (χ3v) is 3.40. The zero-order valence-electron chi connectivity index (χ0n) is 12.5. The van der Waals surface area contributed by atoms with Gasteiger partial charge in [0.2, 0.25) is 0 Å². The van der Waals surface area contributed by atoms with Crippen LogP contribution in [0.2, 0.25) is 5.02 Å². The molecule has 0 saturated heterocycles. The third kappa shape index (κ3) is 4.84. The number of nitrogens with two attached hydrogens (primary N) is 1. The molecule has 3 N–H and O–H groups in total. The summed E-state index contributed by atoms with van der Waals surface area (Å²) in [4.78, 5) is 0. The standard InChI is InChI=1S/C16H16ClN3O2S/c1-21-14-8-4-6-11(9-19-20-16(18)23)15(14)22-10-12-5-2-3-7-13(12)17/h2-9H,10H2,1H3,(H3,18,20,23)/b19-9-. The van der Waals surface area contributed by atoms with Gasteiger partial charge in [-0.3, -0.25) is 5.43 Å². The highest BCUT2D eigenvalue weighted by Gasteiger charge is 2.10. The molecule has 0 spiro atoms. The van der Waals surface area contributed by atoms with Crippen molar-refractivity contribution in [3.63, 3.8) is 0 Å². The number of ether oxygens (including phenoxy) is 2. The van der Waals surface area contributed by atoms with Crippen molar-refractivity contribution in [1.29, 1.82) is 0 Å². The van der Waals surface area contributed by atoms with Gasteiger partial charge in [-0.05, 0) is 30.4 Å². The Balaban J connectivity index is 2.23. The molecule has 2 rings (SSSR count). The maximum Gasteiger partial charge on any atom is 0.184 e. The molecule has 0 bridgehead atoms. The Morgan fingerprint density at radius 1 is 1.30 bits per heavy atom. The van der Waals surface area contributed by atoms with E-state index in [9.17, 15) is 0 Å². The normalized spacial score (nSPS) is 10.5. The van der Waals surface area contributed by atoms with E-state index < -0.39 is 0 Å². The first-order valence-electron chi connectivity index (χ1n) is 6.73. The fourth-order valence-corrected chi connectivity index (χ4v) is 2.12. The summed E-state index contributed by atoms with van der Waals surface area (Å²) in [6.07, 6.45) is 1.56. The number of hydrogen-bond donors (Lipinski definition) is 2. The van der Waals surface area contributed by atoms with Crippen molar-refractivity contribution in [1.82, 2.24) is 5.43 Å². The molecule has 0 aliphatic carbocycles. The molecule has 120 valence electrons. The van der Waals surface area contributed by atoms with Crippen LogP contribution in [0.15, 0.2) is 47.6 Å². The van der Waals surface area contributed by atoms with Crippen LogP contribution in [-0.4, -0.2) is 18.4 Å². The lowest BCUT2D eigenvalue weighted by Crippen LogP contribution is -2.24. The van der Waals surface area contributed by atoms with E-state index in [2.05, 4.69) is 10.5 Å². The molecule has 0 radical (unpaired) electrons. The van der Waals surface area contributed by atoms with Gasteiger partial charge in [0.25, 0.3) is 0 Å². The Morgan fingerprint density at radius 2 is 2.09 bits per heavy atom. The number of nitrogens with one attached hydrogen (secondary N) is 1. The van der Waals surface area contributed by atoms with Crippen molar-refractivity contribution in [3.05, 3.63) is 58.6 Å². The van der Waals surface area contributed by atoms with Gasteiger partial charge in [0.15, 0.2) is 16.6 Å². The first-order valence-corrected chi connectivity index (χ1v) is 7.52. The largest absolute Gasteiger partial charge is 0.493 e. The van der Waals surface area contributed by atoms with E-state index in [0.717, 1.165) is 11.1 Å². The molecule has 0 aliphatic heterocycles. The number of hydrazone groups is 1. The van der Waals surface area contributed by atoms with E-state index in [4.69, 9.17) is 39.0 Å². The van der Waals surface area contributed by atoms with Gasteiger partial charge in [0.1, 0.15) is 6.61 Å². The zero-order chi connectivity index (χ0) is 16.7. The summed E-state index contributed by atoms with van der Waals surface area (Å²) in [6.45, 7) is 0.309. The fourth-order valence-electron chi connectivity index (χ4n) is 1.88. The molecule has 0 aromatic heterocycles. The van der Waals surface area contributed by atoms with Crippen LogP contribution in [0.1, 0.15) is 11.1 Å². The molecule has 0 saturated carbocycles. The van der Waals surface area contributed by atoms with E-state index >= 15 is 0 Å². The smallest absolute Gasteiger partial charge is 0.184 e. The number of methoxy groups -OCH3 is 1. The molecule has 0 amide bonds. The molecule has 0 unspecified atom stereocenters. The van der Waals surface area contributed by atoms with Crippen molar-refractivity contribution < 1.29 is 9.47 Å². The second-order valence-electron chi connectivity index (χ2n) is 4.49. The number of thiocarbonyl (C=S) groups is 1. The van der Waals surface area contributed by atoms with Gasteiger partial charge in [-0.15, -0.1) is 0 Å². The van der Waals surface area contributed by atoms with Crippen LogP contribution in [0.25, 0.3) is 0 Å². The molecule has 2 aromatic rings. The van der Waals surface area contributed by atoms with Crippen LogP contribution in [0.5, 0.6) is 11.5 Å². The second kappa shape index (κ2) is 8.36. The zero-order valence-corrected chi connectivity index (χ0v) is 14.0. The summed E-state index contributed by atoms with van der Waals surface area (Å²) >= 11 is 10.9. The number of hydrogen-bond acceptors (Lipinski definition) is 4. The highest BCUT2D eigenvalue weighted by Crippen LogP contribution is 2.31. The first kappa shape index (κ1) is 17.1. The SMILES string of the molecule is COc1cccc(/C=N\NC(N)=S)c1OCc1ccccc1Cl. The average Bonchev–Trinajstić information content (AvgIpc) is 2.54. The summed E-state index contributed by atoms with van der Waals surface area (Å²) in [5, 5.41) is 4.68. The fraction of sp³-hybridized carbons (Fsp3) is 0.125. The van der Waals surface area contributed by atoms with E-state index in [0.29, 0.717) is 23.1 Å². The molecule has 0 heterocycles. The Bertz CT molecular complexity index is 722. The van der Waals surface area contributed by atoms with E-state index in [1.807, 2.05) is 36.4 Å². The molecule has 5 nitrogen and oxygen atoms in total. The number of benzene rings is 2. The summed E-state index contributed by atoms with van der Waals surface area (Å²) in [5.74, 6) is 1.15. The highest BCUT2D eigenvalue weighted by atomic mass is 35.5. The van der Waals surface area contributed by atoms with Gasteiger partial charge >= 0.3 is 0 Å². The summed E-state index contributed by atoms with van der Waals surface area (Å²) < 4.78 is 11.2. The van der Waals surface area contributed by atoms with Gasteiger partial charge in [0.05, 0.1) is 13.3 Å². The molecule has 0 atom stereocenters. The summed E-state index contributed by atoms with van der Waals surface area (Å²) in [6, 6.07) is 13.0. The molecular weight excluding hydrogens is 334 g/mol. The van der Waals surface area contributed by atoms with Crippen LogP contribution < -0.4 is 20.6 Å². The van der Waals surface area contributed by atoms with Gasteiger partial charge in [-0.1, -0.05) is 35.9 Å². The lowest BCUT2D eigenvalue weighted by atomic mass is 10.2. The Labute approximate surface area is 145 Å². The lowest BCUT2D eigenvalue weighted by molar-refractivity contribution is 0.284. The van der Waals surface area contributed by atoms with Crippen LogP contribution in [0.3, 0.4) is 0 Å². The van der Waals surface area contributed by atoms with Crippen molar-refractivity contribution in [3.8, 4) is 11.5 Å². The highest BCUT2D eigenvalue weighted by molar-refractivity contribution is 7.80. The average molecular weight is 350 g/mol. The lowest BCUT2D eigenvalue weighted by Gasteiger charge is -2.13. The van der Waals surface area contributed by atoms with Gasteiger partial charge < -0.3 is 15.2 Å². The van der Waals surface area contributed by atoms with Gasteiger partial charge in [-0.2, -0.15) is 5.10 Å². The van der Waals surface area contributed by atoms with Crippen LogP contribution in [0, 0.1) is 0 Å². The number of para-hydroxylation sites is 1. The predicted octanol–water partition coefficient (Wildman–Crippen LogP) is 3.09. The van der Waals surface area contributed by atoms with E-state index in [-0.39, 0.29) is 5.11 Å². The van der Waals surface area contributed by atoms with Crippen molar-refractivity contribution in [2.24, 2.45) is 10.8 Å². The molecule has 7 heteroatoms. The number of rotatable bonds is 6.